The van der Waals surface area contributed by atoms with Gasteiger partial charge in [-0.15, -0.1) is 0 Å². The SMILES string of the molecule is CC(C)(C)c1ccc(C(=O)Nc2c3c(nn2-c2ccc(F)cc2)CSC3)cc1. The molecule has 0 radical (unpaired) electrons. The lowest BCUT2D eigenvalue weighted by molar-refractivity contribution is 0.102. The van der Waals surface area contributed by atoms with Gasteiger partial charge in [0.05, 0.1) is 11.4 Å². The second-order valence-corrected chi connectivity index (χ2v) is 8.92. The van der Waals surface area contributed by atoms with Gasteiger partial charge in [-0.05, 0) is 47.4 Å². The van der Waals surface area contributed by atoms with Gasteiger partial charge >= 0.3 is 0 Å². The molecule has 0 spiro atoms. The topological polar surface area (TPSA) is 46.9 Å². The van der Waals surface area contributed by atoms with Crippen LogP contribution in [-0.4, -0.2) is 15.7 Å². The third kappa shape index (κ3) is 3.56. The fraction of sp³-hybridized carbons (Fsp3) is 0.273. The number of amides is 1. The summed E-state index contributed by atoms with van der Waals surface area (Å²) < 4.78 is 15.0. The number of halogens is 1. The second-order valence-electron chi connectivity index (χ2n) is 7.94. The minimum atomic E-state index is -0.302. The highest BCUT2D eigenvalue weighted by molar-refractivity contribution is 7.98. The van der Waals surface area contributed by atoms with Crippen LogP contribution in [0.5, 0.6) is 0 Å². The molecule has 1 aliphatic rings. The van der Waals surface area contributed by atoms with E-state index in [0.717, 1.165) is 28.5 Å². The molecular weight excluding hydrogens is 373 g/mol. The van der Waals surface area contributed by atoms with E-state index in [9.17, 15) is 9.18 Å². The van der Waals surface area contributed by atoms with Crippen molar-refractivity contribution < 1.29 is 9.18 Å². The molecule has 3 aromatic rings. The van der Waals surface area contributed by atoms with E-state index in [1.54, 1.807) is 28.6 Å². The highest BCUT2D eigenvalue weighted by Gasteiger charge is 2.25. The summed E-state index contributed by atoms with van der Waals surface area (Å²) in [5.41, 5.74) is 4.53. The molecule has 1 N–H and O–H groups in total. The Bertz CT molecular complexity index is 1020. The van der Waals surface area contributed by atoms with Crippen LogP contribution in [0.25, 0.3) is 5.69 Å². The molecule has 1 amide bonds. The van der Waals surface area contributed by atoms with E-state index in [1.807, 2.05) is 24.3 Å². The first-order chi connectivity index (χ1) is 13.3. The van der Waals surface area contributed by atoms with Crippen LogP contribution in [0.2, 0.25) is 0 Å². The van der Waals surface area contributed by atoms with Gasteiger partial charge < -0.3 is 5.32 Å². The summed E-state index contributed by atoms with van der Waals surface area (Å²) in [7, 11) is 0. The molecule has 4 nitrogen and oxygen atoms in total. The molecular formula is C22H22FN3OS. The van der Waals surface area contributed by atoms with E-state index in [4.69, 9.17) is 0 Å². The van der Waals surface area contributed by atoms with Crippen molar-refractivity contribution in [3.05, 3.63) is 76.7 Å². The molecule has 0 bridgehead atoms. The van der Waals surface area contributed by atoms with Crippen molar-refractivity contribution in [2.75, 3.05) is 5.32 Å². The molecule has 0 atom stereocenters. The first kappa shape index (κ1) is 18.7. The Kier molecular flexibility index (Phi) is 4.75. The largest absolute Gasteiger partial charge is 0.306 e. The summed E-state index contributed by atoms with van der Waals surface area (Å²) in [5.74, 6) is 1.80. The van der Waals surface area contributed by atoms with Gasteiger partial charge in [0.25, 0.3) is 5.91 Å². The Hall–Kier alpha value is -2.60. The van der Waals surface area contributed by atoms with E-state index in [2.05, 4.69) is 31.2 Å². The van der Waals surface area contributed by atoms with E-state index < -0.39 is 0 Å². The maximum atomic E-state index is 13.3. The highest BCUT2D eigenvalue weighted by Crippen LogP contribution is 2.36. The Balaban J connectivity index is 1.66. The number of carbonyl (C=O) groups excluding carboxylic acids is 1. The summed E-state index contributed by atoms with van der Waals surface area (Å²) in [5, 5.41) is 7.68. The summed E-state index contributed by atoms with van der Waals surface area (Å²) in [4.78, 5) is 12.9. The van der Waals surface area contributed by atoms with Crippen LogP contribution in [0.15, 0.2) is 48.5 Å². The van der Waals surface area contributed by atoms with Gasteiger partial charge in [0.2, 0.25) is 0 Å². The second kappa shape index (κ2) is 7.09. The number of nitrogens with one attached hydrogen (secondary N) is 1. The maximum absolute atomic E-state index is 13.3. The van der Waals surface area contributed by atoms with E-state index in [0.29, 0.717) is 11.4 Å². The lowest BCUT2D eigenvalue weighted by Crippen LogP contribution is -2.17. The Labute approximate surface area is 168 Å². The Morgan fingerprint density at radius 1 is 1.07 bits per heavy atom. The first-order valence-corrected chi connectivity index (χ1v) is 10.3. The number of thioether (sulfide) groups is 1. The lowest BCUT2D eigenvalue weighted by Gasteiger charge is -2.19. The zero-order chi connectivity index (χ0) is 19.9. The zero-order valence-electron chi connectivity index (χ0n) is 16.1. The predicted molar refractivity (Wildman–Crippen MR) is 112 cm³/mol. The van der Waals surface area contributed by atoms with E-state index in [-0.39, 0.29) is 17.1 Å². The van der Waals surface area contributed by atoms with Crippen molar-refractivity contribution in [2.24, 2.45) is 0 Å². The van der Waals surface area contributed by atoms with Gasteiger partial charge in [-0.1, -0.05) is 32.9 Å². The van der Waals surface area contributed by atoms with Crippen molar-refractivity contribution in [3.8, 4) is 5.69 Å². The fourth-order valence-corrected chi connectivity index (χ4v) is 4.25. The molecule has 0 aliphatic carbocycles. The number of aromatic nitrogens is 2. The molecule has 6 heteroatoms. The number of anilines is 1. The van der Waals surface area contributed by atoms with Gasteiger partial charge in [0, 0.05) is 22.6 Å². The molecule has 0 unspecified atom stereocenters. The normalized spacial score (nSPS) is 13.4. The van der Waals surface area contributed by atoms with Crippen LogP contribution in [0.1, 0.15) is 48.0 Å². The molecule has 2 heterocycles. The smallest absolute Gasteiger partial charge is 0.256 e. The fourth-order valence-electron chi connectivity index (χ4n) is 3.21. The lowest BCUT2D eigenvalue weighted by atomic mass is 9.87. The number of hydrogen-bond acceptors (Lipinski definition) is 3. The highest BCUT2D eigenvalue weighted by atomic mass is 32.2. The summed E-state index contributed by atoms with van der Waals surface area (Å²) >= 11 is 1.77. The van der Waals surface area contributed by atoms with Crippen molar-refractivity contribution in [2.45, 2.75) is 37.7 Å². The van der Waals surface area contributed by atoms with Crippen LogP contribution < -0.4 is 5.32 Å². The molecule has 28 heavy (non-hydrogen) atoms. The third-order valence-electron chi connectivity index (χ3n) is 4.87. The molecule has 144 valence electrons. The number of hydrogen-bond donors (Lipinski definition) is 1. The third-order valence-corrected chi connectivity index (χ3v) is 5.84. The van der Waals surface area contributed by atoms with Crippen molar-refractivity contribution in [3.63, 3.8) is 0 Å². The van der Waals surface area contributed by atoms with Crippen LogP contribution in [-0.2, 0) is 16.9 Å². The standard InChI is InChI=1S/C22H22FN3OS/c1-22(2,3)15-6-4-14(5-7-15)21(27)24-20-18-12-28-13-19(18)25-26(20)17-10-8-16(23)9-11-17/h4-11H,12-13H2,1-3H3,(H,24,27). The summed E-state index contributed by atoms with van der Waals surface area (Å²) in [6.07, 6.45) is 0. The molecule has 4 rings (SSSR count). The Morgan fingerprint density at radius 3 is 2.39 bits per heavy atom. The van der Waals surface area contributed by atoms with Crippen LogP contribution in [0.3, 0.4) is 0 Å². The first-order valence-electron chi connectivity index (χ1n) is 9.19. The average Bonchev–Trinajstić information content (AvgIpc) is 3.24. The van der Waals surface area contributed by atoms with Crippen LogP contribution in [0.4, 0.5) is 10.2 Å². The van der Waals surface area contributed by atoms with Gasteiger partial charge in [-0.2, -0.15) is 16.9 Å². The van der Waals surface area contributed by atoms with Gasteiger partial charge in [-0.3, -0.25) is 4.79 Å². The minimum Gasteiger partial charge on any atom is -0.306 e. The minimum absolute atomic E-state index is 0.0360. The number of rotatable bonds is 3. The molecule has 0 saturated carbocycles. The van der Waals surface area contributed by atoms with Crippen LogP contribution >= 0.6 is 11.8 Å². The molecule has 1 aromatic heterocycles. The van der Waals surface area contributed by atoms with Gasteiger partial charge in [0.15, 0.2) is 0 Å². The van der Waals surface area contributed by atoms with E-state index >= 15 is 0 Å². The maximum Gasteiger partial charge on any atom is 0.256 e. The summed E-state index contributed by atoms with van der Waals surface area (Å²) in [6.45, 7) is 6.43. The van der Waals surface area contributed by atoms with Crippen molar-refractivity contribution >= 4 is 23.5 Å². The molecule has 0 saturated heterocycles. The van der Waals surface area contributed by atoms with Crippen molar-refractivity contribution in [1.82, 2.24) is 9.78 Å². The molecule has 0 fully saturated rings. The zero-order valence-corrected chi connectivity index (χ0v) is 16.9. The van der Waals surface area contributed by atoms with Crippen LogP contribution in [0, 0.1) is 5.82 Å². The summed E-state index contributed by atoms with van der Waals surface area (Å²) in [6, 6.07) is 13.8. The quantitative estimate of drug-likeness (QED) is 0.654. The van der Waals surface area contributed by atoms with Gasteiger partial charge in [0.1, 0.15) is 11.6 Å². The van der Waals surface area contributed by atoms with Crippen molar-refractivity contribution in [1.29, 1.82) is 0 Å². The number of benzene rings is 2. The number of fused-ring (bicyclic) bond motifs is 1. The average molecular weight is 396 g/mol. The number of nitrogens with zero attached hydrogens (tertiary/aromatic N) is 2. The molecule has 1 aliphatic heterocycles. The van der Waals surface area contributed by atoms with E-state index in [1.165, 1.54) is 17.7 Å². The number of carbonyl (C=O) groups is 1. The predicted octanol–water partition coefficient (Wildman–Crippen LogP) is 5.31. The Morgan fingerprint density at radius 2 is 1.75 bits per heavy atom. The van der Waals surface area contributed by atoms with Gasteiger partial charge in [-0.25, -0.2) is 9.07 Å². The monoisotopic (exact) mass is 395 g/mol. The molecule has 2 aromatic carbocycles.